The van der Waals surface area contributed by atoms with Gasteiger partial charge in [0.2, 0.25) is 0 Å². The normalized spacial score (nSPS) is 29.3. The smallest absolute Gasteiger partial charge is 0.142 e. The molecule has 110 valence electrons. The molecule has 1 heterocycles. The number of hydrogen-bond acceptors (Lipinski definition) is 3. The Bertz CT molecular complexity index is 317. The highest BCUT2D eigenvalue weighted by Gasteiger charge is 2.40. The minimum Gasteiger partial charge on any atom is -0.301 e. The SMILES string of the molecule is CC(C)CN1CCN(CC2CCC(C)(C)C2=O)CC1. The molecule has 1 unspecified atom stereocenters. The summed E-state index contributed by atoms with van der Waals surface area (Å²) in [5, 5.41) is 0. The van der Waals surface area contributed by atoms with Gasteiger partial charge in [-0.1, -0.05) is 27.7 Å². The number of piperazine rings is 1. The molecule has 2 rings (SSSR count). The van der Waals surface area contributed by atoms with Gasteiger partial charge in [-0.25, -0.2) is 0 Å². The Morgan fingerprint density at radius 2 is 1.74 bits per heavy atom. The largest absolute Gasteiger partial charge is 0.301 e. The second-order valence-electron chi connectivity index (χ2n) is 7.48. The van der Waals surface area contributed by atoms with Crippen LogP contribution in [0, 0.1) is 17.3 Å². The van der Waals surface area contributed by atoms with Crippen LogP contribution in [0.4, 0.5) is 0 Å². The number of Topliss-reactive ketones (excluding diaryl/α,β-unsaturated/α-hetero) is 1. The van der Waals surface area contributed by atoms with E-state index >= 15 is 0 Å². The molecule has 0 spiro atoms. The van der Waals surface area contributed by atoms with E-state index in [1.165, 1.54) is 19.6 Å². The summed E-state index contributed by atoms with van der Waals surface area (Å²) in [4.78, 5) is 17.3. The van der Waals surface area contributed by atoms with E-state index in [2.05, 4.69) is 37.5 Å². The summed E-state index contributed by atoms with van der Waals surface area (Å²) in [6.07, 6.45) is 2.17. The third-order valence-corrected chi connectivity index (χ3v) is 4.72. The fourth-order valence-corrected chi connectivity index (χ4v) is 3.50. The minimum atomic E-state index is -0.0653. The van der Waals surface area contributed by atoms with E-state index < -0.39 is 0 Å². The molecule has 19 heavy (non-hydrogen) atoms. The summed E-state index contributed by atoms with van der Waals surface area (Å²) in [7, 11) is 0. The fraction of sp³-hybridized carbons (Fsp3) is 0.938. The molecule has 1 aliphatic carbocycles. The Labute approximate surface area is 118 Å². The lowest BCUT2D eigenvalue weighted by Crippen LogP contribution is -2.49. The zero-order valence-electron chi connectivity index (χ0n) is 13.1. The van der Waals surface area contributed by atoms with Gasteiger partial charge in [0.05, 0.1) is 0 Å². The molecule has 3 heteroatoms. The Morgan fingerprint density at radius 3 is 2.21 bits per heavy atom. The maximum Gasteiger partial charge on any atom is 0.142 e. The van der Waals surface area contributed by atoms with Crippen molar-refractivity contribution in [3.63, 3.8) is 0 Å². The third-order valence-electron chi connectivity index (χ3n) is 4.72. The summed E-state index contributed by atoms with van der Waals surface area (Å²) in [5.41, 5.74) is -0.0653. The van der Waals surface area contributed by atoms with Gasteiger partial charge in [-0.2, -0.15) is 0 Å². The molecule has 1 atom stereocenters. The van der Waals surface area contributed by atoms with Crippen LogP contribution in [0.2, 0.25) is 0 Å². The Balaban J connectivity index is 1.76. The van der Waals surface area contributed by atoms with Gasteiger partial charge in [-0.15, -0.1) is 0 Å². The average molecular weight is 266 g/mol. The lowest BCUT2D eigenvalue weighted by molar-refractivity contribution is -0.128. The second-order valence-corrected chi connectivity index (χ2v) is 7.48. The van der Waals surface area contributed by atoms with E-state index in [0.717, 1.165) is 38.4 Å². The van der Waals surface area contributed by atoms with Gasteiger partial charge in [-0.05, 0) is 18.8 Å². The van der Waals surface area contributed by atoms with Crippen molar-refractivity contribution in [2.45, 2.75) is 40.5 Å². The van der Waals surface area contributed by atoms with Crippen LogP contribution >= 0.6 is 0 Å². The predicted molar refractivity (Wildman–Crippen MR) is 79.2 cm³/mol. The molecule has 0 aromatic carbocycles. The maximum atomic E-state index is 12.3. The van der Waals surface area contributed by atoms with Gasteiger partial charge in [0.1, 0.15) is 5.78 Å². The number of nitrogens with zero attached hydrogens (tertiary/aromatic N) is 2. The molecule has 0 N–H and O–H groups in total. The summed E-state index contributed by atoms with van der Waals surface area (Å²) >= 11 is 0. The molecule has 0 aromatic rings. The van der Waals surface area contributed by atoms with Crippen LogP contribution in [-0.2, 0) is 4.79 Å². The monoisotopic (exact) mass is 266 g/mol. The molecule has 3 nitrogen and oxygen atoms in total. The molecule has 0 aromatic heterocycles. The lowest BCUT2D eigenvalue weighted by atomic mass is 9.89. The van der Waals surface area contributed by atoms with Gasteiger partial charge in [-0.3, -0.25) is 4.79 Å². The number of hydrogen-bond donors (Lipinski definition) is 0. The van der Waals surface area contributed by atoms with E-state index in [0.29, 0.717) is 11.7 Å². The second kappa shape index (κ2) is 5.92. The highest BCUT2D eigenvalue weighted by molar-refractivity contribution is 5.88. The Kier molecular flexibility index (Phi) is 4.67. The Hall–Kier alpha value is -0.410. The average Bonchev–Trinajstić information content (AvgIpc) is 2.58. The van der Waals surface area contributed by atoms with Gasteiger partial charge in [0.25, 0.3) is 0 Å². The van der Waals surface area contributed by atoms with Crippen LogP contribution in [0.5, 0.6) is 0 Å². The van der Waals surface area contributed by atoms with Crippen molar-refractivity contribution in [2.24, 2.45) is 17.3 Å². The summed E-state index contributed by atoms with van der Waals surface area (Å²) in [6.45, 7) is 15.6. The number of ketones is 1. The van der Waals surface area contributed by atoms with Gasteiger partial charge < -0.3 is 9.80 Å². The summed E-state index contributed by atoms with van der Waals surface area (Å²) in [5.74, 6) is 1.55. The first kappa shape index (κ1) is 15.0. The molecule has 1 aliphatic heterocycles. The van der Waals surface area contributed by atoms with E-state index in [9.17, 15) is 4.79 Å². The number of carbonyl (C=O) groups is 1. The predicted octanol–water partition coefficient (Wildman–Crippen LogP) is 2.27. The highest BCUT2D eigenvalue weighted by Crippen LogP contribution is 2.37. The molecule has 0 bridgehead atoms. The molecule has 1 saturated carbocycles. The van der Waals surface area contributed by atoms with Gasteiger partial charge in [0.15, 0.2) is 0 Å². The Morgan fingerprint density at radius 1 is 1.16 bits per heavy atom. The number of rotatable bonds is 4. The molecular formula is C16H30N2O. The van der Waals surface area contributed by atoms with Crippen molar-refractivity contribution in [3.05, 3.63) is 0 Å². The van der Waals surface area contributed by atoms with Crippen LogP contribution in [0.3, 0.4) is 0 Å². The van der Waals surface area contributed by atoms with Gasteiger partial charge >= 0.3 is 0 Å². The lowest BCUT2D eigenvalue weighted by Gasteiger charge is -2.36. The fourth-order valence-electron chi connectivity index (χ4n) is 3.50. The van der Waals surface area contributed by atoms with E-state index in [1.807, 2.05) is 0 Å². The first-order valence-electron chi connectivity index (χ1n) is 7.87. The van der Waals surface area contributed by atoms with E-state index in [4.69, 9.17) is 0 Å². The maximum absolute atomic E-state index is 12.3. The van der Waals surface area contributed by atoms with Crippen molar-refractivity contribution in [3.8, 4) is 0 Å². The quantitative estimate of drug-likeness (QED) is 0.780. The standard InChI is InChI=1S/C16H30N2O/c1-13(2)11-17-7-9-18(10-8-17)12-14-5-6-16(3,4)15(14)19/h13-14H,5-12H2,1-4H3. The first-order chi connectivity index (χ1) is 8.88. The van der Waals surface area contributed by atoms with Crippen LogP contribution in [0.1, 0.15) is 40.5 Å². The van der Waals surface area contributed by atoms with Crippen LogP contribution in [-0.4, -0.2) is 54.9 Å². The third kappa shape index (κ3) is 3.79. The van der Waals surface area contributed by atoms with Crippen LogP contribution < -0.4 is 0 Å². The van der Waals surface area contributed by atoms with Crippen molar-refractivity contribution < 1.29 is 4.79 Å². The topological polar surface area (TPSA) is 23.6 Å². The van der Waals surface area contributed by atoms with E-state index in [-0.39, 0.29) is 5.41 Å². The molecule has 0 amide bonds. The zero-order valence-corrected chi connectivity index (χ0v) is 13.1. The summed E-state index contributed by atoms with van der Waals surface area (Å²) in [6, 6.07) is 0. The number of carbonyl (C=O) groups excluding carboxylic acids is 1. The summed E-state index contributed by atoms with van der Waals surface area (Å²) < 4.78 is 0. The van der Waals surface area contributed by atoms with Crippen molar-refractivity contribution in [1.29, 1.82) is 0 Å². The van der Waals surface area contributed by atoms with Crippen molar-refractivity contribution in [2.75, 3.05) is 39.3 Å². The molecule has 2 aliphatic rings. The molecule has 2 fully saturated rings. The van der Waals surface area contributed by atoms with Gasteiger partial charge in [0, 0.05) is 50.6 Å². The zero-order chi connectivity index (χ0) is 14.0. The van der Waals surface area contributed by atoms with Crippen molar-refractivity contribution >= 4 is 5.78 Å². The minimum absolute atomic E-state index is 0.0653. The highest BCUT2D eigenvalue weighted by atomic mass is 16.1. The van der Waals surface area contributed by atoms with Crippen LogP contribution in [0.15, 0.2) is 0 Å². The molecule has 1 saturated heterocycles. The first-order valence-corrected chi connectivity index (χ1v) is 7.87. The van der Waals surface area contributed by atoms with Crippen LogP contribution in [0.25, 0.3) is 0 Å². The molecule has 0 radical (unpaired) electrons. The molecular weight excluding hydrogens is 236 g/mol. The van der Waals surface area contributed by atoms with Crippen molar-refractivity contribution in [1.82, 2.24) is 9.80 Å². The van der Waals surface area contributed by atoms with E-state index in [1.54, 1.807) is 0 Å².